The van der Waals surface area contributed by atoms with E-state index < -0.39 is 0 Å². The molecule has 0 aliphatic carbocycles. The fourth-order valence-corrected chi connectivity index (χ4v) is 1.64. The molecule has 5 nitrogen and oxygen atoms in total. The van der Waals surface area contributed by atoms with Crippen molar-refractivity contribution in [3.05, 3.63) is 41.0 Å². The predicted molar refractivity (Wildman–Crippen MR) is 67.1 cm³/mol. The lowest BCUT2D eigenvalue weighted by Gasteiger charge is -2.09. The Hall–Kier alpha value is -1.88. The minimum absolute atomic E-state index is 0.291. The van der Waals surface area contributed by atoms with Crippen LogP contribution in [0.25, 0.3) is 0 Å². The fraction of sp³-hybridized carbons (Fsp3) is 0.385. The summed E-state index contributed by atoms with van der Waals surface area (Å²) in [5.41, 5.74) is 7.83. The van der Waals surface area contributed by atoms with Crippen LogP contribution in [0.1, 0.15) is 29.8 Å². The summed E-state index contributed by atoms with van der Waals surface area (Å²) >= 11 is 0. The maximum absolute atomic E-state index is 5.68. The zero-order chi connectivity index (χ0) is 13.0. The van der Waals surface area contributed by atoms with Gasteiger partial charge in [-0.3, -0.25) is 0 Å². The van der Waals surface area contributed by atoms with Crippen molar-refractivity contribution < 1.29 is 9.26 Å². The van der Waals surface area contributed by atoms with E-state index in [0.717, 1.165) is 23.3 Å². The Labute approximate surface area is 106 Å². The molecule has 1 aromatic heterocycles. The Morgan fingerprint density at radius 2 is 2.22 bits per heavy atom. The number of benzene rings is 1. The second-order valence-corrected chi connectivity index (χ2v) is 4.06. The van der Waals surface area contributed by atoms with Gasteiger partial charge in [0.1, 0.15) is 5.75 Å². The molecule has 0 aliphatic rings. The molecule has 1 aromatic carbocycles. The van der Waals surface area contributed by atoms with Crippen molar-refractivity contribution in [2.24, 2.45) is 5.73 Å². The van der Waals surface area contributed by atoms with Crippen LogP contribution >= 0.6 is 0 Å². The smallest absolute Gasteiger partial charge is 0.226 e. The average molecular weight is 247 g/mol. The van der Waals surface area contributed by atoms with Gasteiger partial charge in [-0.1, -0.05) is 29.8 Å². The van der Waals surface area contributed by atoms with Crippen molar-refractivity contribution in [1.82, 2.24) is 10.1 Å². The Balaban J connectivity index is 2.05. The van der Waals surface area contributed by atoms with Gasteiger partial charge in [0, 0.05) is 18.5 Å². The summed E-state index contributed by atoms with van der Waals surface area (Å²) < 4.78 is 10.7. The molecular weight excluding hydrogens is 230 g/mol. The Bertz CT molecular complexity index is 523. The van der Waals surface area contributed by atoms with Gasteiger partial charge >= 0.3 is 0 Å². The number of aryl methyl sites for hydroxylation is 2. The minimum atomic E-state index is 0.291. The van der Waals surface area contributed by atoms with Crippen molar-refractivity contribution >= 4 is 0 Å². The third-order valence-electron chi connectivity index (χ3n) is 2.61. The molecule has 0 saturated heterocycles. The number of hydrogen-bond acceptors (Lipinski definition) is 5. The molecule has 96 valence electrons. The number of rotatable bonds is 5. The van der Waals surface area contributed by atoms with Gasteiger partial charge in [0.15, 0.2) is 6.61 Å². The summed E-state index contributed by atoms with van der Waals surface area (Å²) in [7, 11) is 0. The molecule has 0 saturated carbocycles. The number of aromatic nitrogens is 2. The van der Waals surface area contributed by atoms with Gasteiger partial charge in [0.2, 0.25) is 11.7 Å². The van der Waals surface area contributed by atoms with Crippen LogP contribution in [-0.2, 0) is 19.6 Å². The highest BCUT2D eigenvalue weighted by molar-refractivity contribution is 5.36. The zero-order valence-corrected chi connectivity index (χ0v) is 10.6. The van der Waals surface area contributed by atoms with Gasteiger partial charge < -0.3 is 15.0 Å². The summed E-state index contributed by atoms with van der Waals surface area (Å²) in [6.07, 6.45) is 0.728. The number of ether oxygens (including phenoxy) is 1. The summed E-state index contributed by atoms with van der Waals surface area (Å²) in [4.78, 5) is 4.18. The molecule has 0 unspecified atom stereocenters. The molecule has 0 aliphatic heterocycles. The van der Waals surface area contributed by atoms with Crippen molar-refractivity contribution in [1.29, 1.82) is 0 Å². The third kappa shape index (κ3) is 2.87. The molecule has 0 spiro atoms. The van der Waals surface area contributed by atoms with Crippen molar-refractivity contribution in [3.8, 4) is 5.75 Å². The van der Waals surface area contributed by atoms with Crippen LogP contribution < -0.4 is 10.5 Å². The number of nitrogens with two attached hydrogens (primary N) is 1. The third-order valence-corrected chi connectivity index (χ3v) is 2.61. The lowest BCUT2D eigenvalue weighted by molar-refractivity contribution is 0.282. The SMILES string of the molecule is CCc1nc(COc2ccc(C)cc2CN)no1. The molecule has 0 fully saturated rings. The first kappa shape index (κ1) is 12.6. The molecule has 0 amide bonds. The predicted octanol–water partition coefficient (Wildman–Crippen LogP) is 1.98. The summed E-state index contributed by atoms with van der Waals surface area (Å²) in [6.45, 7) is 4.73. The van der Waals surface area contributed by atoms with E-state index >= 15 is 0 Å². The van der Waals surface area contributed by atoms with E-state index in [4.69, 9.17) is 15.0 Å². The van der Waals surface area contributed by atoms with Gasteiger partial charge in [-0.2, -0.15) is 4.98 Å². The highest BCUT2D eigenvalue weighted by atomic mass is 16.5. The molecule has 18 heavy (non-hydrogen) atoms. The molecular formula is C13H17N3O2. The van der Waals surface area contributed by atoms with Gasteiger partial charge in [0.05, 0.1) is 0 Å². The highest BCUT2D eigenvalue weighted by Gasteiger charge is 2.07. The maximum Gasteiger partial charge on any atom is 0.226 e. The van der Waals surface area contributed by atoms with Gasteiger partial charge in [-0.15, -0.1) is 0 Å². The quantitative estimate of drug-likeness (QED) is 0.874. The largest absolute Gasteiger partial charge is 0.485 e. The molecule has 0 atom stereocenters. The normalized spacial score (nSPS) is 10.6. The van der Waals surface area contributed by atoms with Crippen LogP contribution in [0.4, 0.5) is 0 Å². The average Bonchev–Trinajstić information content (AvgIpc) is 2.85. The second kappa shape index (κ2) is 5.64. The monoisotopic (exact) mass is 247 g/mol. The molecule has 1 heterocycles. The van der Waals surface area contributed by atoms with Crippen LogP contribution in [0.2, 0.25) is 0 Å². The van der Waals surface area contributed by atoms with Crippen LogP contribution in [0.15, 0.2) is 22.7 Å². The molecule has 2 aromatic rings. The second-order valence-electron chi connectivity index (χ2n) is 4.06. The molecule has 0 radical (unpaired) electrons. The van der Waals surface area contributed by atoms with Crippen LogP contribution in [0, 0.1) is 6.92 Å². The molecule has 0 bridgehead atoms. The highest BCUT2D eigenvalue weighted by Crippen LogP contribution is 2.20. The van der Waals surface area contributed by atoms with E-state index in [0.29, 0.717) is 24.9 Å². The van der Waals surface area contributed by atoms with E-state index in [9.17, 15) is 0 Å². The van der Waals surface area contributed by atoms with Gasteiger partial charge in [-0.25, -0.2) is 0 Å². The molecule has 2 rings (SSSR count). The van der Waals surface area contributed by atoms with E-state index in [-0.39, 0.29) is 0 Å². The summed E-state index contributed by atoms with van der Waals surface area (Å²) in [5.74, 6) is 1.94. The van der Waals surface area contributed by atoms with E-state index in [1.807, 2.05) is 32.0 Å². The van der Waals surface area contributed by atoms with Gasteiger partial charge in [0.25, 0.3) is 0 Å². The van der Waals surface area contributed by atoms with E-state index in [2.05, 4.69) is 10.1 Å². The number of nitrogens with zero attached hydrogens (tertiary/aromatic N) is 2. The zero-order valence-electron chi connectivity index (χ0n) is 10.6. The maximum atomic E-state index is 5.68. The van der Waals surface area contributed by atoms with Crippen molar-refractivity contribution in [2.75, 3.05) is 0 Å². The first-order valence-electron chi connectivity index (χ1n) is 5.96. The fourth-order valence-electron chi connectivity index (χ4n) is 1.64. The van der Waals surface area contributed by atoms with Crippen LogP contribution in [-0.4, -0.2) is 10.1 Å². The van der Waals surface area contributed by atoms with Crippen molar-refractivity contribution in [2.45, 2.75) is 33.4 Å². The standard InChI is InChI=1S/C13H17N3O2/c1-3-13-15-12(16-18-13)8-17-11-5-4-9(2)6-10(11)7-14/h4-6H,3,7-8,14H2,1-2H3. The van der Waals surface area contributed by atoms with Gasteiger partial charge in [-0.05, 0) is 13.0 Å². The summed E-state index contributed by atoms with van der Waals surface area (Å²) in [6, 6.07) is 5.92. The molecule has 2 N–H and O–H groups in total. The first-order chi connectivity index (χ1) is 8.72. The Morgan fingerprint density at radius 1 is 1.39 bits per heavy atom. The number of hydrogen-bond donors (Lipinski definition) is 1. The molecule has 5 heteroatoms. The lowest BCUT2D eigenvalue weighted by atomic mass is 10.1. The lowest BCUT2D eigenvalue weighted by Crippen LogP contribution is -2.04. The van der Waals surface area contributed by atoms with Crippen LogP contribution in [0.3, 0.4) is 0 Å². The van der Waals surface area contributed by atoms with Crippen molar-refractivity contribution in [3.63, 3.8) is 0 Å². The first-order valence-corrected chi connectivity index (χ1v) is 5.96. The minimum Gasteiger partial charge on any atom is -0.485 e. The summed E-state index contributed by atoms with van der Waals surface area (Å²) in [5, 5.41) is 3.83. The van der Waals surface area contributed by atoms with E-state index in [1.165, 1.54) is 0 Å². The topological polar surface area (TPSA) is 74.2 Å². The van der Waals surface area contributed by atoms with Crippen LogP contribution in [0.5, 0.6) is 5.75 Å². The Morgan fingerprint density at radius 3 is 2.89 bits per heavy atom. The van der Waals surface area contributed by atoms with E-state index in [1.54, 1.807) is 0 Å². The Kier molecular flexibility index (Phi) is 3.94.